The highest BCUT2D eigenvalue weighted by Crippen LogP contribution is 2.22. The van der Waals surface area contributed by atoms with Gasteiger partial charge in [-0.05, 0) is 37.6 Å². The normalized spacial score (nSPS) is 23.3. The number of morpholine rings is 1. The molecule has 0 radical (unpaired) electrons. The summed E-state index contributed by atoms with van der Waals surface area (Å²) in [4.78, 5) is 13.9. The maximum atomic E-state index is 12.2. The summed E-state index contributed by atoms with van der Waals surface area (Å²) >= 11 is 11.9. The first-order valence-corrected chi connectivity index (χ1v) is 7.29. The lowest BCUT2D eigenvalue weighted by atomic mass is 10.2. The molecule has 1 aliphatic heterocycles. The molecule has 2 rings (SSSR count). The van der Waals surface area contributed by atoms with Gasteiger partial charge in [-0.1, -0.05) is 29.3 Å². The van der Waals surface area contributed by atoms with Gasteiger partial charge < -0.3 is 9.64 Å². The van der Waals surface area contributed by atoms with Gasteiger partial charge >= 0.3 is 0 Å². The molecule has 1 aromatic carbocycles. The fraction of sp³-hybridized carbons (Fsp3) is 0.400. The van der Waals surface area contributed by atoms with E-state index in [4.69, 9.17) is 27.9 Å². The van der Waals surface area contributed by atoms with Gasteiger partial charge in [-0.15, -0.1) is 0 Å². The Morgan fingerprint density at radius 1 is 1.30 bits per heavy atom. The summed E-state index contributed by atoms with van der Waals surface area (Å²) in [6.45, 7) is 5.16. The second-order valence-electron chi connectivity index (χ2n) is 5.00. The summed E-state index contributed by atoms with van der Waals surface area (Å²) in [5, 5.41) is 1.11. The van der Waals surface area contributed by atoms with Crippen LogP contribution in [0.15, 0.2) is 24.3 Å². The van der Waals surface area contributed by atoms with Gasteiger partial charge in [0.1, 0.15) is 0 Å². The standard InChI is InChI=1S/C15H17Cl2NO2/c1-10-8-18(9-11(2)20-10)15(19)6-4-12-3-5-13(16)7-14(12)17/h3-7,10-11H,8-9H2,1-2H3/b6-4+. The van der Waals surface area contributed by atoms with Crippen molar-refractivity contribution in [1.29, 1.82) is 0 Å². The number of carbonyl (C=O) groups excluding carboxylic acids is 1. The quantitative estimate of drug-likeness (QED) is 0.780. The number of benzene rings is 1. The summed E-state index contributed by atoms with van der Waals surface area (Å²) in [5.74, 6) is -0.0296. The number of hydrogen-bond donors (Lipinski definition) is 0. The fourth-order valence-corrected chi connectivity index (χ4v) is 2.73. The third-order valence-electron chi connectivity index (χ3n) is 3.10. The number of rotatable bonds is 2. The summed E-state index contributed by atoms with van der Waals surface area (Å²) < 4.78 is 5.61. The van der Waals surface area contributed by atoms with Gasteiger partial charge in [0.25, 0.3) is 0 Å². The number of ether oxygens (including phenoxy) is 1. The Morgan fingerprint density at radius 3 is 2.55 bits per heavy atom. The minimum atomic E-state index is -0.0296. The molecule has 108 valence electrons. The van der Waals surface area contributed by atoms with Crippen LogP contribution >= 0.6 is 23.2 Å². The zero-order valence-corrected chi connectivity index (χ0v) is 13.0. The number of halogens is 2. The van der Waals surface area contributed by atoms with Crippen LogP contribution in [0.4, 0.5) is 0 Å². The molecular weight excluding hydrogens is 297 g/mol. The molecule has 0 aromatic heterocycles. The predicted molar refractivity (Wildman–Crippen MR) is 82.1 cm³/mol. The summed E-state index contributed by atoms with van der Waals surface area (Å²) in [6, 6.07) is 5.20. The van der Waals surface area contributed by atoms with Crippen molar-refractivity contribution in [2.75, 3.05) is 13.1 Å². The van der Waals surface area contributed by atoms with E-state index in [1.807, 2.05) is 13.8 Å². The predicted octanol–water partition coefficient (Wildman–Crippen LogP) is 3.64. The van der Waals surface area contributed by atoms with Crippen LogP contribution in [0.3, 0.4) is 0 Å². The smallest absolute Gasteiger partial charge is 0.246 e. The van der Waals surface area contributed by atoms with Crippen molar-refractivity contribution >= 4 is 35.2 Å². The molecule has 0 spiro atoms. The second kappa shape index (κ2) is 6.61. The van der Waals surface area contributed by atoms with E-state index in [-0.39, 0.29) is 18.1 Å². The molecule has 0 saturated carbocycles. The first kappa shape index (κ1) is 15.4. The van der Waals surface area contributed by atoms with E-state index in [1.54, 1.807) is 35.3 Å². The summed E-state index contributed by atoms with van der Waals surface area (Å²) in [6.07, 6.45) is 3.39. The lowest BCUT2D eigenvalue weighted by molar-refractivity contribution is -0.137. The van der Waals surface area contributed by atoms with Crippen molar-refractivity contribution in [3.8, 4) is 0 Å². The summed E-state index contributed by atoms with van der Waals surface area (Å²) in [7, 11) is 0. The van der Waals surface area contributed by atoms with Crippen LogP contribution < -0.4 is 0 Å². The number of carbonyl (C=O) groups is 1. The van der Waals surface area contributed by atoms with Crippen LogP contribution in [0, 0.1) is 0 Å². The molecule has 0 bridgehead atoms. The van der Waals surface area contributed by atoms with Gasteiger partial charge in [-0.3, -0.25) is 4.79 Å². The largest absolute Gasteiger partial charge is 0.372 e. The Hall–Kier alpha value is -1.03. The molecule has 3 nitrogen and oxygen atoms in total. The van der Waals surface area contributed by atoms with Crippen LogP contribution in [0.1, 0.15) is 19.4 Å². The first-order valence-electron chi connectivity index (χ1n) is 6.53. The third kappa shape index (κ3) is 3.98. The molecule has 20 heavy (non-hydrogen) atoms. The average Bonchev–Trinajstić information content (AvgIpc) is 2.36. The van der Waals surface area contributed by atoms with Gasteiger partial charge in [0.2, 0.25) is 5.91 Å². The monoisotopic (exact) mass is 313 g/mol. The van der Waals surface area contributed by atoms with Crippen molar-refractivity contribution in [3.05, 3.63) is 39.9 Å². The van der Waals surface area contributed by atoms with Crippen molar-refractivity contribution in [2.24, 2.45) is 0 Å². The van der Waals surface area contributed by atoms with E-state index in [0.717, 1.165) is 5.56 Å². The van der Waals surface area contributed by atoms with Crippen LogP contribution in [0.2, 0.25) is 10.0 Å². The Bertz CT molecular complexity index is 521. The molecule has 0 aliphatic carbocycles. The van der Waals surface area contributed by atoms with Crippen molar-refractivity contribution < 1.29 is 9.53 Å². The van der Waals surface area contributed by atoms with E-state index < -0.39 is 0 Å². The SMILES string of the molecule is CC1CN(C(=O)/C=C/c2ccc(Cl)cc2Cl)CC(C)O1. The maximum Gasteiger partial charge on any atom is 0.246 e. The van der Waals surface area contributed by atoms with Crippen LogP contribution in [0.5, 0.6) is 0 Å². The Balaban J connectivity index is 2.05. The highest BCUT2D eigenvalue weighted by atomic mass is 35.5. The first-order chi connectivity index (χ1) is 9.45. The minimum absolute atomic E-state index is 0.0296. The van der Waals surface area contributed by atoms with Gasteiger partial charge in [0.05, 0.1) is 12.2 Å². The highest BCUT2D eigenvalue weighted by molar-refractivity contribution is 6.35. The Labute approximate surface area is 129 Å². The number of nitrogens with zero attached hydrogens (tertiary/aromatic N) is 1. The van der Waals surface area contributed by atoms with Crippen molar-refractivity contribution in [3.63, 3.8) is 0 Å². The molecule has 1 heterocycles. The number of amides is 1. The zero-order valence-electron chi connectivity index (χ0n) is 11.5. The van der Waals surface area contributed by atoms with Crippen LogP contribution in [0.25, 0.3) is 6.08 Å². The van der Waals surface area contributed by atoms with E-state index in [9.17, 15) is 4.79 Å². The third-order valence-corrected chi connectivity index (χ3v) is 3.66. The zero-order chi connectivity index (χ0) is 14.7. The van der Waals surface area contributed by atoms with E-state index in [2.05, 4.69) is 0 Å². The Kier molecular flexibility index (Phi) is 5.08. The maximum absolute atomic E-state index is 12.2. The van der Waals surface area contributed by atoms with Gasteiger partial charge in [0, 0.05) is 29.2 Å². The van der Waals surface area contributed by atoms with Gasteiger partial charge in [0.15, 0.2) is 0 Å². The highest BCUT2D eigenvalue weighted by Gasteiger charge is 2.24. The van der Waals surface area contributed by atoms with Crippen molar-refractivity contribution in [2.45, 2.75) is 26.1 Å². The average molecular weight is 314 g/mol. The molecule has 2 unspecified atom stereocenters. The topological polar surface area (TPSA) is 29.5 Å². The fourth-order valence-electron chi connectivity index (χ4n) is 2.26. The molecule has 1 saturated heterocycles. The van der Waals surface area contributed by atoms with Gasteiger partial charge in [-0.2, -0.15) is 0 Å². The van der Waals surface area contributed by atoms with Gasteiger partial charge in [-0.25, -0.2) is 0 Å². The second-order valence-corrected chi connectivity index (χ2v) is 5.84. The Morgan fingerprint density at radius 2 is 1.95 bits per heavy atom. The van der Waals surface area contributed by atoms with E-state index in [0.29, 0.717) is 23.1 Å². The molecule has 2 atom stereocenters. The summed E-state index contributed by atoms with van der Waals surface area (Å²) in [5.41, 5.74) is 0.777. The van der Waals surface area contributed by atoms with Crippen LogP contribution in [-0.4, -0.2) is 36.1 Å². The molecule has 1 amide bonds. The molecule has 5 heteroatoms. The lowest BCUT2D eigenvalue weighted by Gasteiger charge is -2.34. The number of hydrogen-bond acceptors (Lipinski definition) is 2. The molecular formula is C15H17Cl2NO2. The van der Waals surface area contributed by atoms with E-state index >= 15 is 0 Å². The van der Waals surface area contributed by atoms with E-state index in [1.165, 1.54) is 0 Å². The molecule has 0 N–H and O–H groups in total. The molecule has 1 aliphatic rings. The molecule has 1 aromatic rings. The lowest BCUT2D eigenvalue weighted by Crippen LogP contribution is -2.47. The van der Waals surface area contributed by atoms with Crippen LogP contribution in [-0.2, 0) is 9.53 Å². The van der Waals surface area contributed by atoms with Crippen molar-refractivity contribution in [1.82, 2.24) is 4.90 Å². The molecule has 1 fully saturated rings. The minimum Gasteiger partial charge on any atom is -0.372 e.